The molecular formula is C21H21ClN4O2. The van der Waals surface area contributed by atoms with Crippen LogP contribution in [0.15, 0.2) is 42.7 Å². The Kier molecular flexibility index (Phi) is 5.80. The van der Waals surface area contributed by atoms with E-state index in [0.29, 0.717) is 28.0 Å². The lowest BCUT2D eigenvalue weighted by Crippen LogP contribution is -2.14. The summed E-state index contributed by atoms with van der Waals surface area (Å²) in [5.41, 5.74) is 4.79. The highest BCUT2D eigenvalue weighted by Gasteiger charge is 2.12. The molecule has 0 aliphatic carbocycles. The summed E-state index contributed by atoms with van der Waals surface area (Å²) in [7, 11) is 1.56. The highest BCUT2D eigenvalue weighted by atomic mass is 35.5. The zero-order valence-corrected chi connectivity index (χ0v) is 16.9. The molecule has 0 fully saturated rings. The van der Waals surface area contributed by atoms with Crippen LogP contribution in [0.1, 0.15) is 27.0 Å². The fourth-order valence-corrected chi connectivity index (χ4v) is 2.78. The SMILES string of the molecule is COc1cc(Cl)c(C)cc1Nc1ncc(C(=O)Nc2cc(C)ccc2C)cn1. The predicted molar refractivity (Wildman–Crippen MR) is 112 cm³/mol. The van der Waals surface area contributed by atoms with Crippen LogP contribution in [-0.2, 0) is 0 Å². The number of nitrogens with zero attached hydrogens (tertiary/aromatic N) is 2. The quantitative estimate of drug-likeness (QED) is 0.630. The van der Waals surface area contributed by atoms with Gasteiger partial charge in [-0.05, 0) is 49.6 Å². The number of aryl methyl sites for hydroxylation is 3. The van der Waals surface area contributed by atoms with Crippen LogP contribution in [0.5, 0.6) is 5.75 Å². The van der Waals surface area contributed by atoms with Crippen molar-refractivity contribution in [2.75, 3.05) is 17.7 Å². The van der Waals surface area contributed by atoms with Gasteiger partial charge in [0.15, 0.2) is 0 Å². The number of nitrogens with one attached hydrogen (secondary N) is 2. The van der Waals surface area contributed by atoms with Gasteiger partial charge in [0.1, 0.15) is 5.75 Å². The van der Waals surface area contributed by atoms with E-state index in [9.17, 15) is 4.79 Å². The van der Waals surface area contributed by atoms with Gasteiger partial charge in [-0.15, -0.1) is 0 Å². The summed E-state index contributed by atoms with van der Waals surface area (Å²) in [5.74, 6) is 0.666. The molecule has 2 N–H and O–H groups in total. The van der Waals surface area contributed by atoms with Gasteiger partial charge in [-0.2, -0.15) is 0 Å². The van der Waals surface area contributed by atoms with Gasteiger partial charge >= 0.3 is 0 Å². The Morgan fingerprint density at radius 2 is 1.71 bits per heavy atom. The molecule has 0 radical (unpaired) electrons. The first-order valence-corrected chi connectivity index (χ1v) is 9.07. The maximum Gasteiger partial charge on any atom is 0.258 e. The molecule has 144 valence electrons. The van der Waals surface area contributed by atoms with Crippen molar-refractivity contribution in [3.05, 3.63) is 70.0 Å². The lowest BCUT2D eigenvalue weighted by molar-refractivity contribution is 0.102. The number of methoxy groups -OCH3 is 1. The summed E-state index contributed by atoms with van der Waals surface area (Å²) < 4.78 is 5.34. The minimum absolute atomic E-state index is 0.264. The number of halogens is 1. The van der Waals surface area contributed by atoms with Crippen LogP contribution < -0.4 is 15.4 Å². The molecule has 7 heteroatoms. The van der Waals surface area contributed by atoms with Crippen LogP contribution in [0.2, 0.25) is 5.02 Å². The van der Waals surface area contributed by atoms with Gasteiger partial charge in [-0.3, -0.25) is 4.79 Å². The van der Waals surface area contributed by atoms with Crippen molar-refractivity contribution in [3.63, 3.8) is 0 Å². The Bertz CT molecular complexity index is 1020. The third-order valence-corrected chi connectivity index (χ3v) is 4.69. The number of rotatable bonds is 5. The second-order valence-electron chi connectivity index (χ2n) is 6.49. The van der Waals surface area contributed by atoms with Gasteiger partial charge in [0.05, 0.1) is 18.4 Å². The van der Waals surface area contributed by atoms with Crippen molar-refractivity contribution in [1.29, 1.82) is 0 Å². The molecule has 6 nitrogen and oxygen atoms in total. The molecule has 0 bridgehead atoms. The van der Waals surface area contributed by atoms with Gasteiger partial charge in [0, 0.05) is 29.2 Å². The number of hydrogen-bond acceptors (Lipinski definition) is 5. The molecule has 0 spiro atoms. The molecule has 0 unspecified atom stereocenters. The fraction of sp³-hybridized carbons (Fsp3) is 0.190. The zero-order chi connectivity index (χ0) is 20.3. The molecule has 1 aromatic heterocycles. The van der Waals surface area contributed by atoms with E-state index < -0.39 is 0 Å². The highest BCUT2D eigenvalue weighted by molar-refractivity contribution is 6.31. The second kappa shape index (κ2) is 8.27. The van der Waals surface area contributed by atoms with Crippen LogP contribution in [0.25, 0.3) is 0 Å². The third-order valence-electron chi connectivity index (χ3n) is 4.28. The van der Waals surface area contributed by atoms with Crippen LogP contribution in [0.3, 0.4) is 0 Å². The molecule has 2 aromatic carbocycles. The molecule has 0 atom stereocenters. The van der Waals surface area contributed by atoms with Gasteiger partial charge in [-0.25, -0.2) is 9.97 Å². The molecule has 3 aromatic rings. The second-order valence-corrected chi connectivity index (χ2v) is 6.90. The lowest BCUT2D eigenvalue weighted by atomic mass is 10.1. The van der Waals surface area contributed by atoms with E-state index in [1.165, 1.54) is 12.4 Å². The van der Waals surface area contributed by atoms with E-state index in [2.05, 4.69) is 20.6 Å². The van der Waals surface area contributed by atoms with Crippen LogP contribution in [-0.4, -0.2) is 23.0 Å². The topological polar surface area (TPSA) is 76.1 Å². The van der Waals surface area contributed by atoms with Crippen molar-refractivity contribution in [2.45, 2.75) is 20.8 Å². The molecule has 28 heavy (non-hydrogen) atoms. The van der Waals surface area contributed by atoms with Crippen molar-refractivity contribution in [2.24, 2.45) is 0 Å². The van der Waals surface area contributed by atoms with E-state index in [4.69, 9.17) is 16.3 Å². The third kappa shape index (κ3) is 4.40. The number of ether oxygens (including phenoxy) is 1. The minimum Gasteiger partial charge on any atom is -0.495 e. The van der Waals surface area contributed by atoms with Gasteiger partial charge in [0.25, 0.3) is 5.91 Å². The number of carbonyl (C=O) groups is 1. The molecule has 3 rings (SSSR count). The monoisotopic (exact) mass is 396 g/mol. The van der Waals surface area contributed by atoms with E-state index in [0.717, 1.165) is 22.4 Å². The Morgan fingerprint density at radius 1 is 1.00 bits per heavy atom. The highest BCUT2D eigenvalue weighted by Crippen LogP contribution is 2.32. The lowest BCUT2D eigenvalue weighted by Gasteiger charge is -2.12. The Labute approximate surface area is 168 Å². The van der Waals surface area contributed by atoms with E-state index >= 15 is 0 Å². The summed E-state index contributed by atoms with van der Waals surface area (Å²) in [6.45, 7) is 5.82. The van der Waals surface area contributed by atoms with Crippen LogP contribution in [0, 0.1) is 20.8 Å². The Morgan fingerprint density at radius 3 is 2.39 bits per heavy atom. The molecule has 1 heterocycles. The molecule has 0 saturated heterocycles. The number of amides is 1. The number of anilines is 3. The first kappa shape index (κ1) is 19.6. The number of hydrogen-bond donors (Lipinski definition) is 2. The molecule has 0 saturated carbocycles. The van der Waals surface area contributed by atoms with Crippen molar-refractivity contribution in [3.8, 4) is 5.75 Å². The molecular weight excluding hydrogens is 376 g/mol. The van der Waals surface area contributed by atoms with Crippen molar-refractivity contribution >= 4 is 34.8 Å². The average molecular weight is 397 g/mol. The minimum atomic E-state index is -0.264. The van der Waals surface area contributed by atoms with Crippen molar-refractivity contribution < 1.29 is 9.53 Å². The molecule has 0 aliphatic rings. The Hall–Kier alpha value is -3.12. The summed E-state index contributed by atoms with van der Waals surface area (Å²) in [6.07, 6.45) is 2.95. The molecule has 1 amide bonds. The smallest absolute Gasteiger partial charge is 0.258 e. The van der Waals surface area contributed by atoms with E-state index in [1.807, 2.05) is 45.0 Å². The Balaban J connectivity index is 1.76. The first-order valence-electron chi connectivity index (χ1n) is 8.69. The van der Waals surface area contributed by atoms with Gasteiger partial charge in [0.2, 0.25) is 5.95 Å². The largest absolute Gasteiger partial charge is 0.495 e. The summed E-state index contributed by atoms with van der Waals surface area (Å²) >= 11 is 6.13. The predicted octanol–water partition coefficient (Wildman–Crippen LogP) is 5.06. The zero-order valence-electron chi connectivity index (χ0n) is 16.1. The molecule has 0 aliphatic heterocycles. The number of aromatic nitrogens is 2. The normalized spacial score (nSPS) is 10.5. The van der Waals surface area contributed by atoms with Crippen LogP contribution >= 0.6 is 11.6 Å². The first-order chi connectivity index (χ1) is 13.4. The summed E-state index contributed by atoms with van der Waals surface area (Å²) in [4.78, 5) is 20.9. The van der Waals surface area contributed by atoms with Crippen LogP contribution in [0.4, 0.5) is 17.3 Å². The maximum atomic E-state index is 12.5. The fourth-order valence-electron chi connectivity index (χ4n) is 2.63. The average Bonchev–Trinajstić information content (AvgIpc) is 2.68. The number of benzene rings is 2. The number of carbonyl (C=O) groups excluding carboxylic acids is 1. The van der Waals surface area contributed by atoms with Crippen molar-refractivity contribution in [1.82, 2.24) is 9.97 Å². The summed E-state index contributed by atoms with van der Waals surface area (Å²) in [6, 6.07) is 9.48. The van der Waals surface area contributed by atoms with Gasteiger partial charge in [-0.1, -0.05) is 23.7 Å². The summed E-state index contributed by atoms with van der Waals surface area (Å²) in [5, 5.41) is 6.59. The maximum absolute atomic E-state index is 12.5. The van der Waals surface area contributed by atoms with E-state index in [-0.39, 0.29) is 5.91 Å². The van der Waals surface area contributed by atoms with Gasteiger partial charge < -0.3 is 15.4 Å². The standard InChI is InChI=1S/C21H21ClN4O2/c1-12-5-6-13(2)17(7-12)25-20(27)15-10-23-21(24-11-15)26-18-8-14(3)16(22)9-19(18)28-4/h5-11H,1-4H3,(H,25,27)(H,23,24,26). The van der Waals surface area contributed by atoms with E-state index in [1.54, 1.807) is 13.2 Å².